The highest BCUT2D eigenvalue weighted by Crippen LogP contribution is 2.11. The molecular weight excluding hydrogens is 202 g/mol. The van der Waals surface area contributed by atoms with E-state index in [2.05, 4.69) is 37.5 Å². The van der Waals surface area contributed by atoms with Crippen molar-refractivity contribution in [1.82, 2.24) is 5.32 Å². The Kier molecular flexibility index (Phi) is 7.66. The van der Waals surface area contributed by atoms with Crippen LogP contribution in [0.1, 0.15) is 33.1 Å². The molecule has 0 fully saturated rings. The molecule has 78 valence electrons. The van der Waals surface area contributed by atoms with E-state index in [-0.39, 0.29) is 11.2 Å². The second kappa shape index (κ2) is 7.56. The lowest BCUT2D eigenvalue weighted by Gasteiger charge is -2.10. The van der Waals surface area contributed by atoms with Crippen molar-refractivity contribution >= 4 is 31.2 Å². The third kappa shape index (κ3) is 7.26. The van der Waals surface area contributed by atoms with Gasteiger partial charge in [-0.1, -0.05) is 13.3 Å². The normalized spacial score (nSPS) is 15.1. The van der Waals surface area contributed by atoms with E-state index < -0.39 is 0 Å². The molecule has 2 atom stereocenters. The summed E-state index contributed by atoms with van der Waals surface area (Å²) in [4.78, 5) is 11.2. The van der Waals surface area contributed by atoms with Crippen molar-refractivity contribution in [3.63, 3.8) is 0 Å². The molecule has 0 rings (SSSR count). The molecule has 0 radical (unpaired) electrons. The standard InChI is InChI=1S/C9H19NOS2/c1-3-10-9(11)8(13)6-4-5-7(2)12/h7-8,12-13H,3-6H2,1-2H3,(H,10,11). The fraction of sp³-hybridized carbons (Fsp3) is 0.889. The molecule has 4 heteroatoms. The van der Waals surface area contributed by atoms with Crippen LogP contribution in [0.2, 0.25) is 0 Å². The zero-order chi connectivity index (χ0) is 10.3. The van der Waals surface area contributed by atoms with Gasteiger partial charge in [-0.25, -0.2) is 0 Å². The molecule has 13 heavy (non-hydrogen) atoms. The second-order valence-corrected chi connectivity index (χ2v) is 4.70. The number of carbonyl (C=O) groups excluding carboxylic acids is 1. The van der Waals surface area contributed by atoms with E-state index in [4.69, 9.17) is 0 Å². The number of hydrogen-bond acceptors (Lipinski definition) is 3. The molecule has 2 unspecified atom stereocenters. The first-order chi connectivity index (χ1) is 6.07. The summed E-state index contributed by atoms with van der Waals surface area (Å²) in [5.41, 5.74) is 0. The first kappa shape index (κ1) is 13.2. The molecule has 1 amide bonds. The first-order valence-electron chi connectivity index (χ1n) is 4.71. The van der Waals surface area contributed by atoms with Crippen LogP contribution < -0.4 is 5.32 Å². The lowest BCUT2D eigenvalue weighted by Crippen LogP contribution is -2.31. The van der Waals surface area contributed by atoms with Crippen LogP contribution in [0.5, 0.6) is 0 Å². The third-order valence-electron chi connectivity index (χ3n) is 1.75. The fourth-order valence-electron chi connectivity index (χ4n) is 1.03. The maximum absolute atomic E-state index is 11.2. The van der Waals surface area contributed by atoms with Gasteiger partial charge in [-0.15, -0.1) is 0 Å². The van der Waals surface area contributed by atoms with Crippen LogP contribution in [0.25, 0.3) is 0 Å². The Hall–Kier alpha value is 0.170. The summed E-state index contributed by atoms with van der Waals surface area (Å²) >= 11 is 8.49. The molecule has 0 spiro atoms. The number of rotatable bonds is 6. The summed E-state index contributed by atoms with van der Waals surface area (Å²) in [5.74, 6) is 0.0395. The van der Waals surface area contributed by atoms with Gasteiger partial charge < -0.3 is 5.32 Å². The molecule has 0 aromatic rings. The molecular formula is C9H19NOS2. The number of hydrogen-bond donors (Lipinski definition) is 3. The summed E-state index contributed by atoms with van der Waals surface area (Å²) < 4.78 is 0. The molecule has 0 saturated carbocycles. The van der Waals surface area contributed by atoms with Crippen molar-refractivity contribution in [3.8, 4) is 0 Å². The lowest BCUT2D eigenvalue weighted by molar-refractivity contribution is -0.120. The molecule has 1 N–H and O–H groups in total. The minimum absolute atomic E-state index is 0.0395. The molecule has 0 aliphatic carbocycles. The van der Waals surface area contributed by atoms with Gasteiger partial charge in [0, 0.05) is 6.54 Å². The van der Waals surface area contributed by atoms with Crippen molar-refractivity contribution < 1.29 is 4.79 Å². The van der Waals surface area contributed by atoms with E-state index in [1.807, 2.05) is 6.92 Å². The van der Waals surface area contributed by atoms with E-state index in [0.717, 1.165) is 19.3 Å². The van der Waals surface area contributed by atoms with Crippen LogP contribution in [0.3, 0.4) is 0 Å². The summed E-state index contributed by atoms with van der Waals surface area (Å²) in [6.45, 7) is 4.65. The van der Waals surface area contributed by atoms with Crippen LogP contribution in [-0.2, 0) is 4.79 Å². The van der Waals surface area contributed by atoms with Gasteiger partial charge in [0.2, 0.25) is 5.91 Å². The van der Waals surface area contributed by atoms with Crippen LogP contribution >= 0.6 is 25.3 Å². The SMILES string of the molecule is CCNC(=O)C(S)CCCC(C)S. The topological polar surface area (TPSA) is 29.1 Å². The maximum atomic E-state index is 11.2. The van der Waals surface area contributed by atoms with Gasteiger partial charge in [0.15, 0.2) is 0 Å². The van der Waals surface area contributed by atoms with Gasteiger partial charge in [0.1, 0.15) is 0 Å². The van der Waals surface area contributed by atoms with Crippen molar-refractivity contribution in [1.29, 1.82) is 0 Å². The van der Waals surface area contributed by atoms with Crippen LogP contribution in [0.15, 0.2) is 0 Å². The van der Waals surface area contributed by atoms with Crippen molar-refractivity contribution in [3.05, 3.63) is 0 Å². The molecule has 0 heterocycles. The Morgan fingerprint density at radius 3 is 2.46 bits per heavy atom. The van der Waals surface area contributed by atoms with E-state index in [1.54, 1.807) is 0 Å². The third-order valence-corrected chi connectivity index (χ3v) is 2.50. The molecule has 0 saturated heterocycles. The highest BCUT2D eigenvalue weighted by molar-refractivity contribution is 7.81. The zero-order valence-electron chi connectivity index (χ0n) is 8.29. The average Bonchev–Trinajstić information content (AvgIpc) is 2.04. The van der Waals surface area contributed by atoms with Gasteiger partial charge >= 0.3 is 0 Å². The van der Waals surface area contributed by atoms with E-state index >= 15 is 0 Å². The number of thiol groups is 2. The Bertz CT molecular complexity index is 151. The van der Waals surface area contributed by atoms with E-state index in [0.29, 0.717) is 11.8 Å². The molecule has 0 aliphatic rings. The monoisotopic (exact) mass is 221 g/mol. The summed E-state index contributed by atoms with van der Waals surface area (Å²) in [6, 6.07) is 0. The van der Waals surface area contributed by atoms with Gasteiger partial charge in [0.05, 0.1) is 5.25 Å². The summed E-state index contributed by atoms with van der Waals surface area (Å²) in [6.07, 6.45) is 2.88. The zero-order valence-corrected chi connectivity index (χ0v) is 10.1. The smallest absolute Gasteiger partial charge is 0.232 e. The summed E-state index contributed by atoms with van der Waals surface area (Å²) in [7, 11) is 0. The maximum Gasteiger partial charge on any atom is 0.232 e. The van der Waals surface area contributed by atoms with Gasteiger partial charge in [-0.3, -0.25) is 4.79 Å². The predicted molar refractivity (Wildman–Crippen MR) is 63.8 cm³/mol. The second-order valence-electron chi connectivity index (χ2n) is 3.19. The van der Waals surface area contributed by atoms with Gasteiger partial charge in [-0.2, -0.15) is 25.3 Å². The predicted octanol–water partition coefficient (Wildman–Crippen LogP) is 1.91. The van der Waals surface area contributed by atoms with E-state index in [9.17, 15) is 4.79 Å². The van der Waals surface area contributed by atoms with Crippen molar-refractivity contribution in [2.45, 2.75) is 43.6 Å². The number of carbonyl (C=O) groups is 1. The first-order valence-corrected chi connectivity index (χ1v) is 5.75. The average molecular weight is 221 g/mol. The highest BCUT2D eigenvalue weighted by Gasteiger charge is 2.11. The van der Waals surface area contributed by atoms with Gasteiger partial charge in [0.25, 0.3) is 0 Å². The molecule has 0 aliphatic heterocycles. The fourth-order valence-corrected chi connectivity index (χ4v) is 1.49. The quantitative estimate of drug-likeness (QED) is 0.588. The Labute approximate surface area is 91.7 Å². The molecule has 0 aromatic heterocycles. The largest absolute Gasteiger partial charge is 0.355 e. The van der Waals surface area contributed by atoms with Crippen molar-refractivity contribution in [2.75, 3.05) is 6.54 Å². The minimum atomic E-state index is -0.160. The van der Waals surface area contributed by atoms with Crippen LogP contribution in [0, 0.1) is 0 Å². The van der Waals surface area contributed by atoms with Crippen molar-refractivity contribution in [2.24, 2.45) is 0 Å². The molecule has 0 bridgehead atoms. The Morgan fingerprint density at radius 1 is 1.38 bits per heavy atom. The van der Waals surface area contributed by atoms with Gasteiger partial charge in [-0.05, 0) is 25.0 Å². The Balaban J connectivity index is 3.49. The lowest BCUT2D eigenvalue weighted by atomic mass is 10.1. The minimum Gasteiger partial charge on any atom is -0.355 e. The molecule has 2 nitrogen and oxygen atoms in total. The van der Waals surface area contributed by atoms with E-state index in [1.165, 1.54) is 0 Å². The highest BCUT2D eigenvalue weighted by atomic mass is 32.1. The number of amides is 1. The summed E-state index contributed by atoms with van der Waals surface area (Å²) in [5, 5.41) is 3.00. The Morgan fingerprint density at radius 2 is 2.00 bits per heavy atom. The number of nitrogens with one attached hydrogen (secondary N) is 1. The van der Waals surface area contributed by atoms with Crippen LogP contribution in [-0.4, -0.2) is 23.0 Å². The molecule has 0 aromatic carbocycles. The van der Waals surface area contributed by atoms with Crippen LogP contribution in [0.4, 0.5) is 0 Å².